The molecule has 2 aliphatic heterocycles. The summed E-state index contributed by atoms with van der Waals surface area (Å²) in [4.78, 5) is 5.10. The van der Waals surface area contributed by atoms with Gasteiger partial charge >= 0.3 is 0 Å². The van der Waals surface area contributed by atoms with Crippen LogP contribution in [0.25, 0.3) is 11.0 Å². The third-order valence-electron chi connectivity index (χ3n) is 13.6. The van der Waals surface area contributed by atoms with Gasteiger partial charge in [0.05, 0.1) is 11.3 Å². The van der Waals surface area contributed by atoms with Crippen molar-refractivity contribution in [3.05, 3.63) is 124 Å². The highest BCUT2D eigenvalue weighted by Gasteiger charge is 2.48. The van der Waals surface area contributed by atoms with Crippen LogP contribution < -0.4 is 26.4 Å². The van der Waals surface area contributed by atoms with Crippen molar-refractivity contribution in [3.8, 4) is 0 Å². The zero-order valence-corrected chi connectivity index (χ0v) is 37.0. The van der Waals surface area contributed by atoms with Gasteiger partial charge in [0.1, 0.15) is 5.58 Å². The molecule has 9 rings (SSSR count). The van der Waals surface area contributed by atoms with Crippen molar-refractivity contribution in [2.24, 2.45) is 0 Å². The lowest BCUT2D eigenvalue weighted by atomic mass is 9.35. The second-order valence-electron chi connectivity index (χ2n) is 21.9. The summed E-state index contributed by atoms with van der Waals surface area (Å²) in [7, 11) is 0. The van der Waals surface area contributed by atoms with E-state index in [2.05, 4.69) is 198 Å². The Kier molecular flexibility index (Phi) is 8.08. The highest BCUT2D eigenvalue weighted by Crippen LogP contribution is 2.52. The summed E-state index contributed by atoms with van der Waals surface area (Å²) in [6.07, 6.45) is 2.33. The Labute approximate surface area is 342 Å². The van der Waals surface area contributed by atoms with Crippen LogP contribution in [0, 0.1) is 6.92 Å². The second-order valence-corrected chi connectivity index (χ2v) is 21.9. The molecular formula is C53H61BN2O. The number of nitrogens with zero attached hydrogens (tertiary/aromatic N) is 2. The number of benzene rings is 5. The summed E-state index contributed by atoms with van der Waals surface area (Å²) in [5, 5.41) is 1.20. The van der Waals surface area contributed by atoms with E-state index >= 15 is 0 Å². The molecule has 5 aromatic carbocycles. The van der Waals surface area contributed by atoms with E-state index in [1.54, 1.807) is 0 Å². The van der Waals surface area contributed by atoms with E-state index < -0.39 is 0 Å². The lowest BCUT2D eigenvalue weighted by molar-refractivity contribution is 0.332. The molecule has 0 atom stereocenters. The predicted octanol–water partition coefficient (Wildman–Crippen LogP) is 13.1. The van der Waals surface area contributed by atoms with Gasteiger partial charge in [-0.25, -0.2) is 0 Å². The molecule has 3 aliphatic rings. The molecule has 0 saturated heterocycles. The fourth-order valence-electron chi connectivity index (χ4n) is 9.91. The van der Waals surface area contributed by atoms with Gasteiger partial charge < -0.3 is 14.2 Å². The zero-order valence-electron chi connectivity index (χ0n) is 37.0. The van der Waals surface area contributed by atoms with Crippen LogP contribution in [0.1, 0.15) is 136 Å². The van der Waals surface area contributed by atoms with Crippen LogP contribution in [-0.2, 0) is 27.1 Å². The fraction of sp³-hybridized carbons (Fsp3) is 0.396. The van der Waals surface area contributed by atoms with Crippen molar-refractivity contribution in [1.29, 1.82) is 0 Å². The van der Waals surface area contributed by atoms with Crippen molar-refractivity contribution < 1.29 is 4.42 Å². The molecule has 57 heavy (non-hydrogen) atoms. The maximum absolute atomic E-state index is 7.43. The molecule has 0 spiro atoms. The predicted molar refractivity (Wildman–Crippen MR) is 246 cm³/mol. The van der Waals surface area contributed by atoms with Gasteiger partial charge in [0.2, 0.25) is 0 Å². The second kappa shape index (κ2) is 12.2. The molecule has 0 unspecified atom stereocenters. The first kappa shape index (κ1) is 37.9. The third kappa shape index (κ3) is 5.91. The largest absolute Gasteiger partial charge is 0.468 e. The smallest absolute Gasteiger partial charge is 0.297 e. The average molecular weight is 753 g/mol. The number of fused-ring (bicyclic) bond motifs is 7. The summed E-state index contributed by atoms with van der Waals surface area (Å²) in [6.45, 7) is 32.7. The van der Waals surface area contributed by atoms with E-state index in [0.29, 0.717) is 0 Å². The Balaban J connectivity index is 1.40. The zero-order chi connectivity index (χ0) is 40.8. The first-order valence-electron chi connectivity index (χ1n) is 21.3. The van der Waals surface area contributed by atoms with Crippen LogP contribution in [0.3, 0.4) is 0 Å². The summed E-state index contributed by atoms with van der Waals surface area (Å²) in [5.41, 5.74) is 20.1. The standard InChI is InChI=1S/C53H61BN2O/c1-32-26-43-46-44(27-32)56(36-21-18-33(19-22-36)49(2,3)4)47-38-30-39-40(53(13,14)25-24-52(39,11)12)31-45(38)57-48(47)54(46)41-23-20-35(51(8,9)10)29-42(41)55(43)37-17-15-16-34(28-37)50(5,6)7/h15-23,26-31H,24-25H2,1-14H3. The lowest BCUT2D eigenvalue weighted by Gasteiger charge is -2.43. The maximum atomic E-state index is 7.43. The Bertz CT molecular complexity index is 2600. The fourth-order valence-corrected chi connectivity index (χ4v) is 9.91. The summed E-state index contributed by atoms with van der Waals surface area (Å²) < 4.78 is 7.43. The molecule has 6 aromatic rings. The number of anilines is 6. The lowest BCUT2D eigenvalue weighted by Crippen LogP contribution is -2.61. The molecule has 1 aromatic heterocycles. The number of hydrogen-bond donors (Lipinski definition) is 0. The van der Waals surface area contributed by atoms with Gasteiger partial charge in [-0.2, -0.15) is 0 Å². The van der Waals surface area contributed by atoms with E-state index in [4.69, 9.17) is 4.42 Å². The van der Waals surface area contributed by atoms with E-state index in [0.717, 1.165) is 23.4 Å². The molecule has 0 amide bonds. The van der Waals surface area contributed by atoms with Crippen molar-refractivity contribution >= 4 is 68.4 Å². The van der Waals surface area contributed by atoms with Gasteiger partial charge in [-0.3, -0.25) is 0 Å². The molecular weight excluding hydrogens is 691 g/mol. The van der Waals surface area contributed by atoms with Crippen molar-refractivity contribution in [3.63, 3.8) is 0 Å². The van der Waals surface area contributed by atoms with E-state index in [1.165, 1.54) is 84.6 Å². The van der Waals surface area contributed by atoms with E-state index in [9.17, 15) is 0 Å². The van der Waals surface area contributed by atoms with Gasteiger partial charge in [-0.15, -0.1) is 0 Å². The van der Waals surface area contributed by atoms with Gasteiger partial charge in [0.25, 0.3) is 6.71 Å². The minimum atomic E-state index is -0.0767. The highest BCUT2D eigenvalue weighted by molar-refractivity contribution is 7.00. The Morgan fingerprint density at radius 1 is 0.561 bits per heavy atom. The SMILES string of the molecule is Cc1cc2c3c(c1)N(c1ccc(C(C)(C)C)cc1)c1c(oc4cc5c(cc14)C(C)(C)CCC5(C)C)B3c1ccc(C(C)(C)C)cc1N2c1cccc(C(C)(C)C)c1. The van der Waals surface area contributed by atoms with Crippen LogP contribution in [0.2, 0.25) is 0 Å². The first-order valence-corrected chi connectivity index (χ1v) is 21.3. The normalized spacial score (nSPS) is 17.0. The average Bonchev–Trinajstić information content (AvgIpc) is 3.50. The Morgan fingerprint density at radius 3 is 1.74 bits per heavy atom. The Morgan fingerprint density at radius 2 is 1.12 bits per heavy atom. The molecule has 0 saturated carbocycles. The summed E-state index contributed by atoms with van der Waals surface area (Å²) in [5.74, 6) is 0. The molecule has 0 bridgehead atoms. The monoisotopic (exact) mass is 752 g/mol. The maximum Gasteiger partial charge on any atom is 0.297 e. The van der Waals surface area contributed by atoms with Crippen molar-refractivity contribution in [1.82, 2.24) is 0 Å². The number of rotatable bonds is 2. The van der Waals surface area contributed by atoms with Gasteiger partial charge in [0.15, 0.2) is 0 Å². The van der Waals surface area contributed by atoms with Crippen LogP contribution in [-0.4, -0.2) is 6.71 Å². The van der Waals surface area contributed by atoms with Crippen LogP contribution in [0.5, 0.6) is 0 Å². The molecule has 0 N–H and O–H groups in total. The first-order chi connectivity index (χ1) is 26.5. The topological polar surface area (TPSA) is 19.6 Å². The molecule has 1 aliphatic carbocycles. The molecule has 3 nitrogen and oxygen atoms in total. The molecule has 292 valence electrons. The van der Waals surface area contributed by atoms with Crippen LogP contribution >= 0.6 is 0 Å². The number of hydrogen-bond acceptors (Lipinski definition) is 3. The summed E-state index contributed by atoms with van der Waals surface area (Å²) >= 11 is 0. The van der Waals surface area contributed by atoms with Gasteiger partial charge in [-0.1, -0.05) is 126 Å². The quantitative estimate of drug-likeness (QED) is 0.164. The summed E-state index contributed by atoms with van der Waals surface area (Å²) in [6, 6.07) is 35.6. The number of aryl methyl sites for hydroxylation is 1. The molecule has 0 radical (unpaired) electrons. The minimum absolute atomic E-state index is 0.0118. The van der Waals surface area contributed by atoms with E-state index in [1.807, 2.05) is 0 Å². The van der Waals surface area contributed by atoms with E-state index in [-0.39, 0.29) is 33.8 Å². The number of furan rings is 1. The van der Waals surface area contributed by atoms with Crippen molar-refractivity contribution in [2.75, 3.05) is 9.80 Å². The highest BCUT2D eigenvalue weighted by atomic mass is 16.3. The minimum Gasteiger partial charge on any atom is -0.468 e. The van der Waals surface area contributed by atoms with Crippen molar-refractivity contribution in [2.45, 2.75) is 137 Å². The molecule has 0 fully saturated rings. The Hall–Kier alpha value is -4.70. The van der Waals surface area contributed by atoms with Gasteiger partial charge in [-0.05, 0) is 146 Å². The van der Waals surface area contributed by atoms with Crippen LogP contribution in [0.4, 0.5) is 34.1 Å². The molecule has 4 heteroatoms. The third-order valence-corrected chi connectivity index (χ3v) is 13.6. The van der Waals surface area contributed by atoms with Gasteiger partial charge in [0, 0.05) is 33.8 Å². The van der Waals surface area contributed by atoms with Crippen LogP contribution in [0.15, 0.2) is 95.4 Å². The molecule has 3 heterocycles.